The number of anilines is 3. The van der Waals surface area contributed by atoms with Crippen LogP contribution >= 0.6 is 11.6 Å². The minimum absolute atomic E-state index is 0.172. The van der Waals surface area contributed by atoms with Crippen molar-refractivity contribution in [2.45, 2.75) is 6.92 Å². The van der Waals surface area contributed by atoms with Crippen molar-refractivity contribution in [3.63, 3.8) is 0 Å². The number of nitrogens with zero attached hydrogens (tertiary/aromatic N) is 1. The van der Waals surface area contributed by atoms with Gasteiger partial charge in [-0.25, -0.2) is 4.39 Å². The summed E-state index contributed by atoms with van der Waals surface area (Å²) in [5.74, 6) is -0.557. The predicted octanol–water partition coefficient (Wildman–Crippen LogP) is 4.73. The molecular formula is C17H13ClFN3O. The minimum atomic E-state index is -0.385. The predicted molar refractivity (Wildman–Crippen MR) is 90.7 cm³/mol. The van der Waals surface area contributed by atoms with Gasteiger partial charge in [0, 0.05) is 29.9 Å². The van der Waals surface area contributed by atoms with Crippen LogP contribution in [0.1, 0.15) is 6.92 Å². The normalized spacial score (nSPS) is 10.6. The first-order valence-corrected chi connectivity index (χ1v) is 7.30. The number of hydrogen-bond acceptors (Lipinski definition) is 3. The molecule has 0 unspecified atom stereocenters. The number of para-hydroxylation sites is 1. The van der Waals surface area contributed by atoms with Crippen LogP contribution in [0.25, 0.3) is 10.9 Å². The highest BCUT2D eigenvalue weighted by molar-refractivity contribution is 6.33. The largest absolute Gasteiger partial charge is 0.354 e. The molecule has 0 saturated heterocycles. The van der Waals surface area contributed by atoms with E-state index in [0.29, 0.717) is 27.5 Å². The smallest absolute Gasteiger partial charge is 0.221 e. The number of fused-ring (bicyclic) bond motifs is 1. The molecule has 0 saturated carbocycles. The average Bonchev–Trinajstić information content (AvgIpc) is 2.51. The van der Waals surface area contributed by atoms with Gasteiger partial charge in [-0.3, -0.25) is 9.78 Å². The Morgan fingerprint density at radius 2 is 2.00 bits per heavy atom. The highest BCUT2D eigenvalue weighted by atomic mass is 35.5. The van der Waals surface area contributed by atoms with Crippen LogP contribution in [0, 0.1) is 5.82 Å². The van der Waals surface area contributed by atoms with Gasteiger partial charge in [0.1, 0.15) is 11.3 Å². The van der Waals surface area contributed by atoms with Crippen LogP contribution in [-0.4, -0.2) is 10.9 Å². The molecule has 2 aromatic carbocycles. The van der Waals surface area contributed by atoms with Gasteiger partial charge in [0.15, 0.2) is 0 Å². The van der Waals surface area contributed by atoms with Crippen LogP contribution in [0.2, 0.25) is 5.02 Å². The summed E-state index contributed by atoms with van der Waals surface area (Å²) in [6, 6.07) is 11.6. The summed E-state index contributed by atoms with van der Waals surface area (Å²) in [6.07, 6.45) is 1.53. The number of rotatable bonds is 3. The first-order chi connectivity index (χ1) is 11.0. The lowest BCUT2D eigenvalue weighted by Crippen LogP contribution is -2.06. The number of benzene rings is 2. The quantitative estimate of drug-likeness (QED) is 0.730. The van der Waals surface area contributed by atoms with Crippen LogP contribution < -0.4 is 10.6 Å². The molecule has 116 valence electrons. The number of nitrogens with one attached hydrogen (secondary N) is 2. The van der Waals surface area contributed by atoms with E-state index in [9.17, 15) is 9.18 Å². The van der Waals surface area contributed by atoms with Gasteiger partial charge in [-0.1, -0.05) is 23.7 Å². The van der Waals surface area contributed by atoms with Gasteiger partial charge in [-0.15, -0.1) is 0 Å². The average molecular weight is 330 g/mol. The molecule has 0 atom stereocenters. The lowest BCUT2D eigenvalue weighted by atomic mass is 10.1. The molecule has 0 aliphatic heterocycles. The molecule has 2 N–H and O–H groups in total. The second-order valence-electron chi connectivity index (χ2n) is 5.00. The Bertz CT molecular complexity index is 898. The number of pyridine rings is 1. The minimum Gasteiger partial charge on any atom is -0.354 e. The Labute approximate surface area is 137 Å². The third-order valence-corrected chi connectivity index (χ3v) is 3.61. The van der Waals surface area contributed by atoms with Gasteiger partial charge < -0.3 is 10.6 Å². The molecule has 0 fully saturated rings. The van der Waals surface area contributed by atoms with Crippen molar-refractivity contribution in [1.29, 1.82) is 0 Å². The fraction of sp³-hybridized carbons (Fsp3) is 0.0588. The maximum absolute atomic E-state index is 13.8. The second-order valence-corrected chi connectivity index (χ2v) is 5.40. The zero-order valence-corrected chi connectivity index (χ0v) is 13.0. The van der Waals surface area contributed by atoms with E-state index in [4.69, 9.17) is 11.6 Å². The van der Waals surface area contributed by atoms with Crippen molar-refractivity contribution in [1.82, 2.24) is 4.98 Å². The van der Waals surface area contributed by atoms with Crippen LogP contribution in [0.5, 0.6) is 0 Å². The molecule has 3 rings (SSSR count). The van der Waals surface area contributed by atoms with Gasteiger partial charge in [0.25, 0.3) is 0 Å². The fourth-order valence-electron chi connectivity index (χ4n) is 2.30. The van der Waals surface area contributed by atoms with Crippen LogP contribution in [0.15, 0.2) is 48.7 Å². The number of hydrogen-bond donors (Lipinski definition) is 2. The Hall–Kier alpha value is -2.66. The zero-order valence-electron chi connectivity index (χ0n) is 12.2. The summed E-state index contributed by atoms with van der Waals surface area (Å²) in [6.45, 7) is 1.43. The third-order valence-electron chi connectivity index (χ3n) is 3.28. The van der Waals surface area contributed by atoms with E-state index in [0.717, 1.165) is 0 Å². The van der Waals surface area contributed by atoms with Gasteiger partial charge in [-0.05, 0) is 30.3 Å². The lowest BCUT2D eigenvalue weighted by molar-refractivity contribution is -0.114. The van der Waals surface area contributed by atoms with Crippen LogP contribution in [0.3, 0.4) is 0 Å². The Morgan fingerprint density at radius 1 is 1.17 bits per heavy atom. The van der Waals surface area contributed by atoms with Crippen molar-refractivity contribution in [3.05, 3.63) is 59.5 Å². The second kappa shape index (κ2) is 6.22. The zero-order chi connectivity index (χ0) is 16.4. The van der Waals surface area contributed by atoms with Gasteiger partial charge >= 0.3 is 0 Å². The van der Waals surface area contributed by atoms with E-state index >= 15 is 0 Å². The molecular weight excluding hydrogens is 317 g/mol. The van der Waals surface area contributed by atoms with Crippen molar-refractivity contribution in [2.24, 2.45) is 0 Å². The molecule has 0 aliphatic rings. The first kappa shape index (κ1) is 15.2. The summed E-state index contributed by atoms with van der Waals surface area (Å²) in [4.78, 5) is 15.2. The van der Waals surface area contributed by atoms with Crippen molar-refractivity contribution < 1.29 is 9.18 Å². The summed E-state index contributed by atoms with van der Waals surface area (Å²) >= 11 is 6.20. The third kappa shape index (κ3) is 3.24. The van der Waals surface area contributed by atoms with Crippen molar-refractivity contribution >= 4 is 45.5 Å². The molecule has 0 spiro atoms. The first-order valence-electron chi connectivity index (χ1n) is 6.92. The fourth-order valence-corrected chi connectivity index (χ4v) is 2.46. The van der Waals surface area contributed by atoms with E-state index in [1.807, 2.05) is 0 Å². The topological polar surface area (TPSA) is 54.0 Å². The van der Waals surface area contributed by atoms with Gasteiger partial charge in [-0.2, -0.15) is 0 Å². The van der Waals surface area contributed by atoms with Crippen LogP contribution in [-0.2, 0) is 4.79 Å². The number of carbonyl (C=O) groups is 1. The number of halogens is 2. The molecule has 1 amide bonds. The SMILES string of the molecule is CC(=O)Nc1ccc(Cl)c(Nc2ccnc3c(F)cccc23)c1. The monoisotopic (exact) mass is 329 g/mol. The molecule has 3 aromatic rings. The molecule has 0 bridgehead atoms. The number of amides is 1. The van der Waals surface area contributed by atoms with Gasteiger partial charge in [0.05, 0.1) is 10.7 Å². The molecule has 1 heterocycles. The molecule has 0 radical (unpaired) electrons. The molecule has 4 nitrogen and oxygen atoms in total. The van der Waals surface area contributed by atoms with Crippen LogP contribution in [0.4, 0.5) is 21.5 Å². The number of aromatic nitrogens is 1. The van der Waals surface area contributed by atoms with E-state index < -0.39 is 0 Å². The Balaban J connectivity index is 2.02. The molecule has 6 heteroatoms. The Morgan fingerprint density at radius 3 is 2.78 bits per heavy atom. The summed E-state index contributed by atoms with van der Waals surface area (Å²) in [5.41, 5.74) is 2.19. The standard InChI is InChI=1S/C17H13ClFN3O/c1-10(23)21-11-5-6-13(18)16(9-11)22-15-7-8-20-17-12(15)3-2-4-14(17)19/h2-9H,1H3,(H,20,22)(H,21,23). The summed E-state index contributed by atoms with van der Waals surface area (Å²) < 4.78 is 13.8. The molecule has 23 heavy (non-hydrogen) atoms. The molecule has 1 aromatic heterocycles. The van der Waals surface area contributed by atoms with E-state index in [-0.39, 0.29) is 17.2 Å². The highest BCUT2D eigenvalue weighted by Crippen LogP contribution is 2.31. The van der Waals surface area contributed by atoms with Gasteiger partial charge in [0.2, 0.25) is 5.91 Å². The van der Waals surface area contributed by atoms with Crippen molar-refractivity contribution in [2.75, 3.05) is 10.6 Å². The highest BCUT2D eigenvalue weighted by Gasteiger charge is 2.09. The van der Waals surface area contributed by atoms with Crippen molar-refractivity contribution in [3.8, 4) is 0 Å². The molecule has 0 aliphatic carbocycles. The van der Waals surface area contributed by atoms with E-state index in [1.165, 1.54) is 19.2 Å². The van der Waals surface area contributed by atoms with E-state index in [1.54, 1.807) is 36.4 Å². The lowest BCUT2D eigenvalue weighted by Gasteiger charge is -2.13. The van der Waals surface area contributed by atoms with E-state index in [2.05, 4.69) is 15.6 Å². The maximum Gasteiger partial charge on any atom is 0.221 e. The summed E-state index contributed by atoms with van der Waals surface area (Å²) in [7, 11) is 0. The summed E-state index contributed by atoms with van der Waals surface area (Å²) in [5, 5.41) is 6.99. The number of carbonyl (C=O) groups excluding carboxylic acids is 1. The maximum atomic E-state index is 13.8. The Kier molecular flexibility index (Phi) is 4.12.